The van der Waals surface area contributed by atoms with Gasteiger partial charge in [0.05, 0.1) is 12.8 Å². The predicted octanol–water partition coefficient (Wildman–Crippen LogP) is 21.7. The number of pyridine rings is 4. The monoisotopic (exact) mass is 1200 g/mol. The molecular formula is C82H96N5O3+. The second kappa shape index (κ2) is 28.3. The molecule has 0 fully saturated rings. The molecule has 0 bridgehead atoms. The van der Waals surface area contributed by atoms with Gasteiger partial charge in [0.1, 0.15) is 11.3 Å². The second-order valence-corrected chi connectivity index (χ2v) is 29.4. The van der Waals surface area contributed by atoms with Crippen LogP contribution in [0.3, 0.4) is 0 Å². The van der Waals surface area contributed by atoms with Crippen molar-refractivity contribution in [3.05, 3.63) is 263 Å². The van der Waals surface area contributed by atoms with E-state index in [4.69, 9.17) is 4.74 Å². The topological polar surface area (TPSA) is 94.9 Å². The Morgan fingerprint density at radius 3 is 1.52 bits per heavy atom. The number of hydrogen-bond acceptors (Lipinski definition) is 6. The van der Waals surface area contributed by atoms with E-state index in [1.807, 2.05) is 67.0 Å². The largest absolute Gasteiger partial charge is 0.618 e. The van der Waals surface area contributed by atoms with Gasteiger partial charge < -0.3 is 9.94 Å². The summed E-state index contributed by atoms with van der Waals surface area (Å²) in [4.78, 5) is 24.9. The van der Waals surface area contributed by atoms with Gasteiger partial charge >= 0.3 is 0 Å². The highest BCUT2D eigenvalue weighted by atomic mass is 16.5. The first-order valence-electron chi connectivity index (χ1n) is 31.3. The number of ether oxygens (including phenoxy) is 1. The van der Waals surface area contributed by atoms with Gasteiger partial charge in [-0.05, 0) is 119 Å². The number of aromatic nitrogens is 4. The van der Waals surface area contributed by atoms with Gasteiger partial charge in [-0.15, -0.1) is 0 Å². The quantitative estimate of drug-likeness (QED) is 0.126. The van der Waals surface area contributed by atoms with Crippen molar-refractivity contribution < 1.29 is 14.2 Å². The van der Waals surface area contributed by atoms with Crippen LogP contribution in [-0.4, -0.2) is 33.9 Å². The third-order valence-electron chi connectivity index (χ3n) is 15.8. The third kappa shape index (κ3) is 17.9. The molecule has 0 aliphatic rings. The van der Waals surface area contributed by atoms with Crippen molar-refractivity contribution in [1.82, 2.24) is 15.0 Å². The zero-order valence-corrected chi connectivity index (χ0v) is 57.2. The molecule has 0 atom stereocenters. The summed E-state index contributed by atoms with van der Waals surface area (Å²) in [6, 6.07) is 66.5. The first-order valence-corrected chi connectivity index (χ1v) is 31.3. The van der Waals surface area contributed by atoms with E-state index in [1.54, 1.807) is 19.4 Å². The van der Waals surface area contributed by atoms with Crippen LogP contribution in [0.15, 0.2) is 219 Å². The van der Waals surface area contributed by atoms with Gasteiger partial charge in [0.2, 0.25) is 5.52 Å². The van der Waals surface area contributed by atoms with Gasteiger partial charge in [0, 0.05) is 89.9 Å². The van der Waals surface area contributed by atoms with Crippen LogP contribution >= 0.6 is 0 Å². The van der Waals surface area contributed by atoms with Crippen LogP contribution in [0, 0.1) is 10.1 Å². The van der Waals surface area contributed by atoms with E-state index in [0.717, 1.165) is 48.3 Å². The van der Waals surface area contributed by atoms with Crippen molar-refractivity contribution in [2.75, 3.05) is 14.2 Å². The number of nitroso groups, excluding NO2 is 1. The molecule has 0 amide bonds. The Kier molecular flexibility index (Phi) is 21.6. The molecular weight excluding hydrogens is 1100 g/mol. The van der Waals surface area contributed by atoms with Crippen molar-refractivity contribution in [2.24, 2.45) is 0 Å². The fourth-order valence-corrected chi connectivity index (χ4v) is 10.5. The Bertz CT molecular complexity index is 4300. The molecule has 0 unspecified atom stereocenters. The minimum atomic E-state index is 0.0226. The summed E-state index contributed by atoms with van der Waals surface area (Å²) in [6.45, 7) is 39.5. The number of hydrogen-bond donors (Lipinski definition) is 0. The summed E-state index contributed by atoms with van der Waals surface area (Å²) < 4.78 is 7.18. The van der Waals surface area contributed by atoms with Crippen molar-refractivity contribution in [3.8, 4) is 5.75 Å². The number of nitrogens with zero attached hydrogens (tertiary/aromatic N) is 5. The Hall–Kier alpha value is -8.88. The van der Waals surface area contributed by atoms with Gasteiger partial charge in [-0.1, -0.05) is 252 Å². The van der Waals surface area contributed by atoms with Gasteiger partial charge in [0.15, 0.2) is 13.2 Å². The van der Waals surface area contributed by atoms with E-state index in [9.17, 15) is 10.1 Å². The van der Waals surface area contributed by atoms with Crippen molar-refractivity contribution >= 4 is 70.6 Å². The summed E-state index contributed by atoms with van der Waals surface area (Å²) in [5.74, 6) is 0.948. The smallest absolute Gasteiger partial charge is 0.281 e. The summed E-state index contributed by atoms with van der Waals surface area (Å²) >= 11 is 0. The molecule has 8 heteroatoms. The van der Waals surface area contributed by atoms with Crippen LogP contribution in [0.1, 0.15) is 158 Å². The number of benzene rings is 8. The summed E-state index contributed by atoms with van der Waals surface area (Å²) in [5.41, 5.74) is 10.4. The summed E-state index contributed by atoms with van der Waals surface area (Å²) in [5, 5.41) is 23.6. The first-order chi connectivity index (χ1) is 42.1. The number of rotatable bonds is 2. The SMILES string of the molecule is CC(C)(C)c1cc2ccccc2cn1.CC(C)(C)c1ccc2c(ccc[n+]2[O-])c1.CC(C)(C)c1cccc2ccccc12.CC(C)(C)c1nccc2ccccc12.COc1cccc2ccc(C(C)(C)C)cc12.C[N+](=O)c1cc(C(C)(C)C)cc2cccnc12. The minimum absolute atomic E-state index is 0.0226. The van der Waals surface area contributed by atoms with Gasteiger partial charge in [-0.2, -0.15) is 4.73 Å². The van der Waals surface area contributed by atoms with Gasteiger partial charge in [-0.3, -0.25) is 9.97 Å². The van der Waals surface area contributed by atoms with Crippen molar-refractivity contribution in [3.63, 3.8) is 0 Å². The van der Waals surface area contributed by atoms with Crippen LogP contribution < -0.4 is 9.47 Å². The summed E-state index contributed by atoms with van der Waals surface area (Å²) in [7, 11) is 3.23. The van der Waals surface area contributed by atoms with Crippen LogP contribution in [0.2, 0.25) is 0 Å². The van der Waals surface area contributed by atoms with Crippen molar-refractivity contribution in [1.29, 1.82) is 0 Å². The average Bonchev–Trinajstić information content (AvgIpc) is 0.956. The molecule has 0 spiro atoms. The van der Waals surface area contributed by atoms with Crippen molar-refractivity contribution in [2.45, 2.75) is 157 Å². The number of fused-ring (bicyclic) bond motifs is 6. The Morgan fingerprint density at radius 1 is 0.400 bits per heavy atom. The lowest BCUT2D eigenvalue weighted by Crippen LogP contribution is -2.26. The van der Waals surface area contributed by atoms with Crippen LogP contribution in [0.25, 0.3) is 64.9 Å². The molecule has 4 heterocycles. The molecule has 466 valence electrons. The molecule has 0 aliphatic carbocycles. The van der Waals surface area contributed by atoms with E-state index in [2.05, 4.69) is 273 Å². The zero-order chi connectivity index (χ0) is 66.0. The fraction of sp³-hybridized carbons (Fsp3) is 0.317. The lowest BCUT2D eigenvalue weighted by molar-refractivity contribution is -0.577. The maximum absolute atomic E-state index is 11.6. The van der Waals surface area contributed by atoms with E-state index in [1.165, 1.54) is 78.7 Å². The normalized spacial score (nSPS) is 11.9. The molecule has 90 heavy (non-hydrogen) atoms. The van der Waals surface area contributed by atoms with Crippen LogP contribution in [-0.2, 0) is 32.5 Å². The Labute approximate surface area is 536 Å². The zero-order valence-electron chi connectivity index (χ0n) is 57.2. The van der Waals surface area contributed by atoms with Gasteiger partial charge in [0.25, 0.3) is 5.69 Å². The molecule has 0 saturated heterocycles. The molecule has 0 radical (unpaired) electrons. The average molecular weight is 1200 g/mol. The van der Waals surface area contributed by atoms with E-state index in [-0.39, 0.29) is 32.5 Å². The molecule has 8 aromatic carbocycles. The Balaban J connectivity index is 0.000000154. The Morgan fingerprint density at radius 2 is 0.922 bits per heavy atom. The van der Waals surface area contributed by atoms with E-state index < -0.39 is 0 Å². The molecule has 0 saturated carbocycles. The predicted molar refractivity (Wildman–Crippen MR) is 384 cm³/mol. The fourth-order valence-electron chi connectivity index (χ4n) is 10.5. The van der Waals surface area contributed by atoms with E-state index >= 15 is 0 Å². The highest BCUT2D eigenvalue weighted by Gasteiger charge is 2.23. The standard InChI is InChI=1S/C15H18O.C14H17N2O.C14H16.C13H15NO.2C13H15N/c1-15(2,3)12-9-8-11-6-5-7-14(16-4)13(11)10-12;1-14(2,3)11-8-10-6-5-7-15-13(10)12(9-11)16(4)17;1-14(2,3)13-10-6-8-11-7-4-5-9-12(11)13;1-13(2,3)11-6-7-12-10(9-11)5-4-8-14(12)15;1-13(2,3)12-8-10-6-4-5-7-11(10)9-14-12;1-13(2,3)12-11-7-5-4-6-10(11)8-9-14-12/h5-10H,1-4H3;5-9H,1-4H3;4-10H,1-3H3;4-9H,1-3H3;2*4-9H,1-3H3/q;+1;;;;. The maximum atomic E-state index is 11.6. The highest BCUT2D eigenvalue weighted by molar-refractivity contribution is 5.90. The van der Waals surface area contributed by atoms with Crippen LogP contribution in [0.4, 0.5) is 5.69 Å². The molecule has 12 aromatic rings. The lowest BCUT2D eigenvalue weighted by atomic mass is 9.84. The minimum Gasteiger partial charge on any atom is -0.618 e. The molecule has 8 nitrogen and oxygen atoms in total. The molecule has 0 aliphatic heterocycles. The molecule has 0 N–H and O–H groups in total. The second-order valence-electron chi connectivity index (χ2n) is 29.4. The van der Waals surface area contributed by atoms with Gasteiger partial charge in [-0.25, -0.2) is 4.98 Å². The molecule has 12 rings (SSSR count). The van der Waals surface area contributed by atoms with Crippen LogP contribution in [0.5, 0.6) is 5.75 Å². The van der Waals surface area contributed by atoms with E-state index in [0.29, 0.717) is 5.69 Å². The maximum Gasteiger partial charge on any atom is 0.281 e. The third-order valence-corrected chi connectivity index (χ3v) is 15.8. The molecule has 4 aromatic heterocycles. The first kappa shape index (κ1) is 68.6. The summed E-state index contributed by atoms with van der Waals surface area (Å²) in [6.07, 6.45) is 7.09. The highest BCUT2D eigenvalue weighted by Crippen LogP contribution is 2.35. The number of methoxy groups -OCH3 is 1. The lowest BCUT2D eigenvalue weighted by Gasteiger charge is -2.21.